The number of nitrogens with one attached hydrogen (secondary N) is 2. The minimum Gasteiger partial charge on any atom is -0.496 e. The van der Waals surface area contributed by atoms with Crippen LogP contribution in [0.1, 0.15) is 44.0 Å². The second-order valence-electron chi connectivity index (χ2n) is 10.0. The number of rotatable bonds is 8. The molecule has 12 nitrogen and oxygen atoms in total. The molecule has 0 radical (unpaired) electrons. The number of nitrogens with zero attached hydrogens (tertiary/aromatic N) is 5. The van der Waals surface area contributed by atoms with Crippen molar-refractivity contribution in [3.8, 4) is 5.75 Å². The lowest BCUT2D eigenvalue weighted by Crippen LogP contribution is -2.41. The number of H-pyrrole nitrogens is 1. The fourth-order valence-electron chi connectivity index (χ4n) is 5.16. The van der Waals surface area contributed by atoms with Gasteiger partial charge in [-0.25, -0.2) is 4.98 Å². The van der Waals surface area contributed by atoms with Crippen molar-refractivity contribution in [3.05, 3.63) is 56.8 Å². The summed E-state index contributed by atoms with van der Waals surface area (Å²) in [6.45, 7) is 10.1. The van der Waals surface area contributed by atoms with Crippen molar-refractivity contribution in [1.29, 1.82) is 0 Å². The minimum atomic E-state index is -0.340. The van der Waals surface area contributed by atoms with Gasteiger partial charge in [0.1, 0.15) is 10.9 Å². The van der Waals surface area contributed by atoms with Crippen molar-refractivity contribution >= 4 is 46.8 Å². The first-order valence-corrected chi connectivity index (χ1v) is 13.7. The summed E-state index contributed by atoms with van der Waals surface area (Å²) in [5, 5.41) is 3.04. The third-order valence-electron chi connectivity index (χ3n) is 7.45. The summed E-state index contributed by atoms with van der Waals surface area (Å²) in [6, 6.07) is 0. The van der Waals surface area contributed by atoms with Crippen molar-refractivity contribution < 1.29 is 19.1 Å². The molecule has 1 fully saturated rings. The number of aromatic amines is 1. The molecule has 13 heteroatoms. The largest absolute Gasteiger partial charge is 0.496 e. The summed E-state index contributed by atoms with van der Waals surface area (Å²) in [4.78, 5) is 46.6. The van der Waals surface area contributed by atoms with Crippen LogP contribution in [-0.2, 0) is 16.1 Å². The number of carbonyl (C=O) groups excluding carboxylic acids is 2. The molecule has 41 heavy (non-hydrogen) atoms. The predicted molar refractivity (Wildman–Crippen MR) is 156 cm³/mol. The van der Waals surface area contributed by atoms with Gasteiger partial charge < -0.3 is 25.5 Å². The van der Waals surface area contributed by atoms with Gasteiger partial charge in [-0.15, -0.1) is 0 Å². The van der Waals surface area contributed by atoms with E-state index in [0.29, 0.717) is 59.4 Å². The van der Waals surface area contributed by atoms with Gasteiger partial charge in [-0.1, -0.05) is 11.6 Å². The standard InChI is InChI=1S/C28H33ClN8O4/c1-15-12-32-21(17(3)23(15)40-4)14-37-25-22(24(29)34-28(30)35-25)18(27(37)39)11-20-16(2)19(13-33-20)26(38)31-5-6-36-7-9-41-10-8-36/h11-13,33H,5-10,14H2,1-4H3,(H,31,38)(H2,30,34,35)/b18-11+. The number of fused-ring (bicyclic) bond motifs is 1. The molecule has 5 rings (SSSR count). The van der Waals surface area contributed by atoms with Gasteiger partial charge in [0.25, 0.3) is 11.8 Å². The molecule has 5 heterocycles. The van der Waals surface area contributed by atoms with Gasteiger partial charge in [-0.05, 0) is 32.4 Å². The highest BCUT2D eigenvalue weighted by molar-refractivity contribution is 6.41. The van der Waals surface area contributed by atoms with E-state index in [2.05, 4.69) is 30.2 Å². The SMILES string of the molecule is COc1c(C)cnc(CN2C(=O)/C(=C/c3[nH]cc(C(=O)NCCN4CCOCC4)c3C)c3c(Cl)nc(N)nc32)c1C. The Bertz CT molecular complexity index is 1530. The van der Waals surface area contributed by atoms with E-state index in [0.717, 1.165) is 30.8 Å². The molecule has 0 saturated carbocycles. The first kappa shape index (κ1) is 28.5. The average molecular weight is 581 g/mol. The van der Waals surface area contributed by atoms with Crippen LogP contribution >= 0.6 is 11.6 Å². The highest BCUT2D eigenvalue weighted by atomic mass is 35.5. The zero-order chi connectivity index (χ0) is 29.3. The Balaban J connectivity index is 1.41. The summed E-state index contributed by atoms with van der Waals surface area (Å²) >= 11 is 6.51. The van der Waals surface area contributed by atoms with Gasteiger partial charge in [0.05, 0.1) is 49.3 Å². The molecule has 2 amide bonds. The molecule has 1 saturated heterocycles. The summed E-state index contributed by atoms with van der Waals surface area (Å²) in [5.74, 6) is 0.417. The number of aromatic nitrogens is 4. The number of ether oxygens (including phenoxy) is 2. The van der Waals surface area contributed by atoms with E-state index in [1.807, 2.05) is 20.8 Å². The van der Waals surface area contributed by atoms with E-state index in [4.69, 9.17) is 26.8 Å². The molecule has 0 bridgehead atoms. The quantitative estimate of drug-likeness (QED) is 0.269. The fourth-order valence-corrected chi connectivity index (χ4v) is 5.44. The van der Waals surface area contributed by atoms with Crippen LogP contribution in [0.15, 0.2) is 12.4 Å². The number of nitrogens with two attached hydrogens (primary N) is 1. The first-order valence-electron chi connectivity index (χ1n) is 13.3. The lowest BCUT2D eigenvalue weighted by Gasteiger charge is -2.26. The Hall–Kier alpha value is -4.00. The zero-order valence-electron chi connectivity index (χ0n) is 23.5. The van der Waals surface area contributed by atoms with Gasteiger partial charge in [0.2, 0.25) is 5.95 Å². The molecule has 3 aromatic rings. The van der Waals surface area contributed by atoms with E-state index in [1.165, 1.54) is 4.90 Å². The molecular formula is C28H33ClN8O4. The fraction of sp³-hybridized carbons (Fsp3) is 0.393. The third kappa shape index (κ3) is 5.63. The van der Waals surface area contributed by atoms with Crippen LogP contribution in [0.5, 0.6) is 5.75 Å². The summed E-state index contributed by atoms with van der Waals surface area (Å²) in [7, 11) is 1.60. The molecule has 0 atom stereocenters. The van der Waals surface area contributed by atoms with Gasteiger partial charge in [-0.3, -0.25) is 24.4 Å². The van der Waals surface area contributed by atoms with Crippen molar-refractivity contribution in [3.63, 3.8) is 0 Å². The molecule has 3 aromatic heterocycles. The van der Waals surface area contributed by atoms with E-state index in [1.54, 1.807) is 25.6 Å². The number of amides is 2. The zero-order valence-corrected chi connectivity index (χ0v) is 24.3. The lowest BCUT2D eigenvalue weighted by molar-refractivity contribution is -0.113. The summed E-state index contributed by atoms with van der Waals surface area (Å²) in [5.41, 5.74) is 10.7. The molecule has 4 N–H and O–H groups in total. The number of nitrogen functional groups attached to an aromatic ring is 1. The molecule has 0 spiro atoms. The highest BCUT2D eigenvalue weighted by Crippen LogP contribution is 2.42. The molecule has 216 valence electrons. The lowest BCUT2D eigenvalue weighted by atomic mass is 10.1. The number of hydrogen-bond donors (Lipinski definition) is 3. The Morgan fingerprint density at radius 1 is 1.24 bits per heavy atom. The van der Waals surface area contributed by atoms with Crippen LogP contribution in [0.2, 0.25) is 5.15 Å². The van der Waals surface area contributed by atoms with Crippen LogP contribution in [0, 0.1) is 20.8 Å². The van der Waals surface area contributed by atoms with E-state index in [-0.39, 0.29) is 35.0 Å². The van der Waals surface area contributed by atoms with Gasteiger partial charge >= 0.3 is 0 Å². The summed E-state index contributed by atoms with van der Waals surface area (Å²) in [6.07, 6.45) is 5.01. The van der Waals surface area contributed by atoms with Crippen LogP contribution < -0.4 is 20.7 Å². The molecule has 0 aromatic carbocycles. The van der Waals surface area contributed by atoms with Crippen LogP contribution in [0.25, 0.3) is 11.6 Å². The number of carbonyl (C=O) groups is 2. The highest BCUT2D eigenvalue weighted by Gasteiger charge is 2.38. The molecular weight excluding hydrogens is 548 g/mol. The number of anilines is 2. The maximum absolute atomic E-state index is 13.8. The number of pyridine rings is 1. The number of morpholine rings is 1. The second kappa shape index (κ2) is 11.9. The molecule has 0 aliphatic carbocycles. The topological polar surface area (TPSA) is 152 Å². The normalized spacial score (nSPS) is 16.4. The summed E-state index contributed by atoms with van der Waals surface area (Å²) < 4.78 is 10.9. The van der Waals surface area contributed by atoms with Crippen molar-refractivity contribution in [1.82, 2.24) is 30.2 Å². The number of aryl methyl sites for hydroxylation is 1. The van der Waals surface area contributed by atoms with E-state index < -0.39 is 0 Å². The number of halogens is 1. The maximum Gasteiger partial charge on any atom is 0.260 e. The Labute approximate surface area is 242 Å². The number of methoxy groups -OCH3 is 1. The second-order valence-corrected chi connectivity index (χ2v) is 10.4. The van der Waals surface area contributed by atoms with Crippen LogP contribution in [-0.4, -0.2) is 83.2 Å². The molecule has 2 aliphatic heterocycles. The third-order valence-corrected chi connectivity index (χ3v) is 7.73. The molecule has 2 aliphatic rings. The van der Waals surface area contributed by atoms with Crippen LogP contribution in [0.3, 0.4) is 0 Å². The van der Waals surface area contributed by atoms with Crippen molar-refractivity contribution in [2.24, 2.45) is 0 Å². The smallest absolute Gasteiger partial charge is 0.260 e. The Morgan fingerprint density at radius 2 is 2.00 bits per heavy atom. The Kier molecular flexibility index (Phi) is 8.25. The van der Waals surface area contributed by atoms with Gasteiger partial charge in [-0.2, -0.15) is 4.98 Å². The monoisotopic (exact) mass is 580 g/mol. The van der Waals surface area contributed by atoms with E-state index in [9.17, 15) is 9.59 Å². The van der Waals surface area contributed by atoms with Gasteiger partial charge in [0, 0.05) is 55.4 Å². The number of hydrogen-bond acceptors (Lipinski definition) is 9. The van der Waals surface area contributed by atoms with Crippen LogP contribution in [0.4, 0.5) is 11.8 Å². The first-order chi connectivity index (χ1) is 19.7. The predicted octanol–water partition coefficient (Wildman–Crippen LogP) is 2.52. The molecule has 0 unspecified atom stereocenters. The minimum absolute atomic E-state index is 0.0499. The van der Waals surface area contributed by atoms with Crippen molar-refractivity contribution in [2.75, 3.05) is 57.1 Å². The van der Waals surface area contributed by atoms with Gasteiger partial charge in [0.15, 0.2) is 5.82 Å². The van der Waals surface area contributed by atoms with E-state index >= 15 is 0 Å². The average Bonchev–Trinajstić information content (AvgIpc) is 3.43. The van der Waals surface area contributed by atoms with Crippen molar-refractivity contribution in [2.45, 2.75) is 27.3 Å². The Morgan fingerprint density at radius 3 is 2.73 bits per heavy atom. The maximum atomic E-state index is 13.8.